The molecular formula is C13H15ClN4O2S2. The van der Waals surface area contributed by atoms with E-state index in [1.807, 2.05) is 24.3 Å². The molecule has 2 heterocycles. The molecule has 0 atom stereocenters. The minimum absolute atomic E-state index is 0.472. The molecule has 6 nitrogen and oxygen atoms in total. The molecule has 1 aliphatic rings. The summed E-state index contributed by atoms with van der Waals surface area (Å²) in [6, 6.07) is 7.52. The molecule has 3 rings (SSSR count). The fourth-order valence-corrected chi connectivity index (χ4v) is 4.34. The van der Waals surface area contributed by atoms with Crippen molar-refractivity contribution in [2.24, 2.45) is 0 Å². The van der Waals surface area contributed by atoms with Gasteiger partial charge in [-0.25, -0.2) is 8.42 Å². The first kappa shape index (κ1) is 15.7. The lowest BCUT2D eigenvalue weighted by molar-refractivity contribution is 0.387. The van der Waals surface area contributed by atoms with Crippen LogP contribution in [0.15, 0.2) is 24.3 Å². The number of halogens is 1. The molecule has 1 saturated heterocycles. The molecule has 0 aliphatic carbocycles. The molecule has 0 saturated carbocycles. The number of sulfonamides is 1. The highest BCUT2D eigenvalue weighted by Gasteiger charge is 2.25. The number of benzene rings is 1. The maximum Gasteiger partial charge on any atom is 0.211 e. The highest BCUT2D eigenvalue weighted by Crippen LogP contribution is 2.33. The smallest absolute Gasteiger partial charge is 0.211 e. The van der Waals surface area contributed by atoms with E-state index in [-0.39, 0.29) is 0 Å². The van der Waals surface area contributed by atoms with Crippen molar-refractivity contribution in [2.75, 3.05) is 37.3 Å². The van der Waals surface area contributed by atoms with Crippen molar-refractivity contribution in [3.05, 3.63) is 29.3 Å². The number of rotatable bonds is 3. The number of hydrogen-bond donors (Lipinski definition) is 0. The molecule has 0 spiro atoms. The predicted molar refractivity (Wildman–Crippen MR) is 89.0 cm³/mol. The first-order valence-electron chi connectivity index (χ1n) is 6.73. The lowest BCUT2D eigenvalue weighted by Crippen LogP contribution is -2.48. The van der Waals surface area contributed by atoms with Crippen LogP contribution in [-0.2, 0) is 10.0 Å². The van der Waals surface area contributed by atoms with E-state index in [1.165, 1.54) is 21.9 Å². The highest BCUT2D eigenvalue weighted by molar-refractivity contribution is 7.88. The van der Waals surface area contributed by atoms with Gasteiger partial charge in [-0.2, -0.15) is 4.31 Å². The van der Waals surface area contributed by atoms with Gasteiger partial charge < -0.3 is 4.90 Å². The summed E-state index contributed by atoms with van der Waals surface area (Å²) >= 11 is 7.64. The van der Waals surface area contributed by atoms with Crippen molar-refractivity contribution in [1.29, 1.82) is 0 Å². The molecule has 22 heavy (non-hydrogen) atoms. The van der Waals surface area contributed by atoms with Gasteiger partial charge in [0.2, 0.25) is 15.2 Å². The SMILES string of the molecule is CS(=O)(=O)N1CCN(c2nnc(-c3ccccc3Cl)s2)CC1. The molecule has 0 bridgehead atoms. The molecule has 0 radical (unpaired) electrons. The third-order valence-corrected chi connectivity index (χ3v) is 6.15. The van der Waals surface area contributed by atoms with Crippen LogP contribution in [0.5, 0.6) is 0 Å². The average molecular weight is 359 g/mol. The summed E-state index contributed by atoms with van der Waals surface area (Å²) in [6.07, 6.45) is 1.24. The van der Waals surface area contributed by atoms with Crippen LogP contribution in [0, 0.1) is 0 Å². The van der Waals surface area contributed by atoms with E-state index >= 15 is 0 Å². The summed E-state index contributed by atoms with van der Waals surface area (Å²) in [5, 5.41) is 10.6. The van der Waals surface area contributed by atoms with Crippen molar-refractivity contribution in [2.45, 2.75) is 0 Å². The van der Waals surface area contributed by atoms with Gasteiger partial charge in [-0.15, -0.1) is 10.2 Å². The zero-order chi connectivity index (χ0) is 15.7. The van der Waals surface area contributed by atoms with Crippen LogP contribution in [0.2, 0.25) is 5.02 Å². The van der Waals surface area contributed by atoms with Crippen LogP contribution < -0.4 is 4.90 Å². The van der Waals surface area contributed by atoms with Gasteiger partial charge in [0.1, 0.15) is 0 Å². The zero-order valence-electron chi connectivity index (χ0n) is 11.9. The number of aromatic nitrogens is 2. The molecule has 9 heteroatoms. The Morgan fingerprint density at radius 1 is 1.14 bits per heavy atom. The summed E-state index contributed by atoms with van der Waals surface area (Å²) in [4.78, 5) is 2.06. The molecule has 1 fully saturated rings. The topological polar surface area (TPSA) is 66.4 Å². The summed E-state index contributed by atoms with van der Waals surface area (Å²) in [6.45, 7) is 2.17. The second kappa shape index (κ2) is 6.11. The number of hydrogen-bond acceptors (Lipinski definition) is 6. The normalized spacial score (nSPS) is 16.9. The minimum atomic E-state index is -3.12. The van der Waals surface area contributed by atoms with E-state index < -0.39 is 10.0 Å². The Bertz CT molecular complexity index is 770. The highest BCUT2D eigenvalue weighted by atomic mass is 35.5. The molecule has 1 aromatic heterocycles. The number of anilines is 1. The van der Waals surface area contributed by atoms with Crippen LogP contribution in [0.25, 0.3) is 10.6 Å². The van der Waals surface area contributed by atoms with Gasteiger partial charge in [0.25, 0.3) is 0 Å². The Kier molecular flexibility index (Phi) is 4.35. The second-order valence-electron chi connectivity index (χ2n) is 5.02. The molecule has 118 valence electrons. The minimum Gasteiger partial charge on any atom is -0.344 e. The van der Waals surface area contributed by atoms with E-state index in [2.05, 4.69) is 15.1 Å². The fourth-order valence-electron chi connectivity index (χ4n) is 2.30. The second-order valence-corrected chi connectivity index (χ2v) is 8.36. The monoisotopic (exact) mass is 358 g/mol. The largest absolute Gasteiger partial charge is 0.344 e. The third-order valence-electron chi connectivity index (χ3n) is 3.50. The van der Waals surface area contributed by atoms with Gasteiger partial charge in [0.15, 0.2) is 5.01 Å². The lowest BCUT2D eigenvalue weighted by Gasteiger charge is -2.32. The van der Waals surface area contributed by atoms with Gasteiger partial charge in [0, 0.05) is 31.7 Å². The summed E-state index contributed by atoms with van der Waals surface area (Å²) in [5.74, 6) is 0. The van der Waals surface area contributed by atoms with E-state index in [0.29, 0.717) is 31.2 Å². The Labute approximate surface area is 138 Å². The van der Waals surface area contributed by atoms with Gasteiger partial charge >= 0.3 is 0 Å². The van der Waals surface area contributed by atoms with Gasteiger partial charge in [-0.3, -0.25) is 0 Å². The van der Waals surface area contributed by atoms with Crippen molar-refractivity contribution in [3.8, 4) is 10.6 Å². The molecule has 1 aliphatic heterocycles. The fraction of sp³-hybridized carbons (Fsp3) is 0.385. The van der Waals surface area contributed by atoms with Gasteiger partial charge in [0.05, 0.1) is 11.3 Å². The van der Waals surface area contributed by atoms with Gasteiger partial charge in [-0.1, -0.05) is 41.1 Å². The van der Waals surface area contributed by atoms with E-state index in [4.69, 9.17) is 11.6 Å². The van der Waals surface area contributed by atoms with Crippen molar-refractivity contribution >= 4 is 38.1 Å². The molecular weight excluding hydrogens is 344 g/mol. The number of nitrogens with zero attached hydrogens (tertiary/aromatic N) is 4. The third kappa shape index (κ3) is 3.24. The quantitative estimate of drug-likeness (QED) is 0.838. The maximum absolute atomic E-state index is 11.5. The standard InChI is InChI=1S/C13H15ClN4O2S2/c1-22(19,20)18-8-6-17(7-9-18)13-16-15-12(21-13)10-4-2-3-5-11(10)14/h2-5H,6-9H2,1H3. The van der Waals surface area contributed by atoms with Crippen LogP contribution in [-0.4, -0.2) is 55.4 Å². The van der Waals surface area contributed by atoms with E-state index in [1.54, 1.807) is 0 Å². The first-order chi connectivity index (χ1) is 10.4. The molecule has 0 amide bonds. The van der Waals surface area contributed by atoms with Crippen LogP contribution in [0.4, 0.5) is 5.13 Å². The van der Waals surface area contributed by atoms with Crippen molar-refractivity contribution in [1.82, 2.24) is 14.5 Å². The van der Waals surface area contributed by atoms with E-state index in [0.717, 1.165) is 15.7 Å². The summed E-state index contributed by atoms with van der Waals surface area (Å²) in [5.41, 5.74) is 0.864. The predicted octanol–water partition coefficient (Wildman–Crippen LogP) is 1.94. The average Bonchev–Trinajstić information content (AvgIpc) is 2.96. The molecule has 0 N–H and O–H groups in total. The van der Waals surface area contributed by atoms with Gasteiger partial charge in [-0.05, 0) is 6.07 Å². The Hall–Kier alpha value is -1.22. The van der Waals surface area contributed by atoms with Crippen molar-refractivity contribution < 1.29 is 8.42 Å². The van der Waals surface area contributed by atoms with Crippen molar-refractivity contribution in [3.63, 3.8) is 0 Å². The molecule has 0 unspecified atom stereocenters. The Balaban J connectivity index is 1.75. The maximum atomic E-state index is 11.5. The first-order valence-corrected chi connectivity index (χ1v) is 9.78. The van der Waals surface area contributed by atoms with Crippen LogP contribution in [0.3, 0.4) is 0 Å². The Morgan fingerprint density at radius 2 is 1.82 bits per heavy atom. The zero-order valence-corrected chi connectivity index (χ0v) is 14.3. The lowest BCUT2D eigenvalue weighted by atomic mass is 10.2. The number of piperazine rings is 1. The Morgan fingerprint density at radius 3 is 2.45 bits per heavy atom. The van der Waals surface area contributed by atoms with E-state index in [9.17, 15) is 8.42 Å². The van der Waals surface area contributed by atoms with Crippen LogP contribution in [0.1, 0.15) is 0 Å². The van der Waals surface area contributed by atoms with Crippen LogP contribution >= 0.6 is 22.9 Å². The molecule has 1 aromatic carbocycles. The summed E-state index contributed by atoms with van der Waals surface area (Å²) in [7, 11) is -3.12. The molecule has 2 aromatic rings. The summed E-state index contributed by atoms with van der Waals surface area (Å²) < 4.78 is 24.5.